The second kappa shape index (κ2) is 5.99. The van der Waals surface area contributed by atoms with Crippen LogP contribution in [0.3, 0.4) is 0 Å². The summed E-state index contributed by atoms with van der Waals surface area (Å²) in [4.78, 5) is 0. The van der Waals surface area contributed by atoms with Crippen LogP contribution in [0.1, 0.15) is 23.8 Å². The van der Waals surface area contributed by atoms with E-state index in [0.717, 1.165) is 26.6 Å². The van der Waals surface area contributed by atoms with Gasteiger partial charge in [-0.05, 0) is 42.7 Å². The van der Waals surface area contributed by atoms with Crippen LogP contribution >= 0.6 is 31.9 Å². The van der Waals surface area contributed by atoms with Gasteiger partial charge in [0.15, 0.2) is 0 Å². The number of benzene rings is 1. The fraction of sp³-hybridized carbons (Fsp3) is 0.308. The Morgan fingerprint density at radius 2 is 1.94 bits per heavy atom. The van der Waals surface area contributed by atoms with E-state index in [1.807, 2.05) is 36.0 Å². The van der Waals surface area contributed by atoms with Gasteiger partial charge in [-0.25, -0.2) is 0 Å². The second-order valence-corrected chi connectivity index (χ2v) is 6.03. The molecule has 1 aromatic heterocycles. The first-order chi connectivity index (χ1) is 8.56. The van der Waals surface area contributed by atoms with Crippen molar-refractivity contribution in [3.8, 4) is 0 Å². The maximum Gasteiger partial charge on any atom is 0.0794 e. The summed E-state index contributed by atoms with van der Waals surface area (Å²) in [5.74, 6) is 0. The van der Waals surface area contributed by atoms with Gasteiger partial charge in [-0.15, -0.1) is 0 Å². The summed E-state index contributed by atoms with van der Waals surface area (Å²) in [5.41, 5.74) is 2.04. The second-order valence-electron chi connectivity index (χ2n) is 4.20. The summed E-state index contributed by atoms with van der Waals surface area (Å²) < 4.78 is 3.77. The first-order valence-electron chi connectivity index (χ1n) is 5.67. The van der Waals surface area contributed by atoms with Crippen molar-refractivity contribution in [2.75, 3.05) is 0 Å². The Bertz CT molecular complexity index is 519. The zero-order valence-electron chi connectivity index (χ0n) is 9.98. The van der Waals surface area contributed by atoms with Gasteiger partial charge in [0.05, 0.1) is 6.10 Å². The van der Waals surface area contributed by atoms with Gasteiger partial charge in [0, 0.05) is 27.9 Å². The highest BCUT2D eigenvalue weighted by Crippen LogP contribution is 2.26. The maximum absolute atomic E-state index is 10.2. The third-order valence-corrected chi connectivity index (χ3v) is 3.78. The van der Waals surface area contributed by atoms with E-state index in [9.17, 15) is 5.11 Å². The molecular weight excluding hydrogens is 360 g/mol. The lowest BCUT2D eigenvalue weighted by molar-refractivity contribution is 0.167. The number of aliphatic hydroxyl groups excluding tert-OH is 1. The molecule has 1 atom stereocenters. The average molecular weight is 374 g/mol. The average Bonchev–Trinajstić information content (AvgIpc) is 2.70. The van der Waals surface area contributed by atoms with E-state index in [0.29, 0.717) is 6.42 Å². The quantitative estimate of drug-likeness (QED) is 0.888. The smallest absolute Gasteiger partial charge is 0.0794 e. The molecule has 1 aromatic carbocycles. The Hall–Kier alpha value is -0.650. The Labute approximate surface area is 123 Å². The molecule has 0 saturated carbocycles. The van der Waals surface area contributed by atoms with Crippen molar-refractivity contribution in [3.63, 3.8) is 0 Å². The van der Waals surface area contributed by atoms with Gasteiger partial charge in [-0.1, -0.05) is 31.9 Å². The van der Waals surface area contributed by atoms with Gasteiger partial charge in [0.1, 0.15) is 0 Å². The molecule has 0 aliphatic carbocycles. The highest BCUT2D eigenvalue weighted by molar-refractivity contribution is 9.11. The molecule has 3 nitrogen and oxygen atoms in total. The van der Waals surface area contributed by atoms with Gasteiger partial charge in [0.2, 0.25) is 0 Å². The van der Waals surface area contributed by atoms with Crippen LogP contribution in [0.15, 0.2) is 39.4 Å². The standard InChI is InChI=1S/C13H14Br2N2O/c1-17-12(4-5-16-17)2-3-13(18)9-6-10(14)8-11(15)7-9/h4-8,13,18H,2-3H2,1H3. The SMILES string of the molecule is Cn1nccc1CCC(O)c1cc(Br)cc(Br)c1. The van der Waals surface area contributed by atoms with E-state index in [4.69, 9.17) is 0 Å². The van der Waals surface area contributed by atoms with Crippen LogP contribution in [0.5, 0.6) is 0 Å². The lowest BCUT2D eigenvalue weighted by atomic mass is 10.0. The minimum atomic E-state index is -0.464. The monoisotopic (exact) mass is 372 g/mol. The summed E-state index contributed by atoms with van der Waals surface area (Å²) in [6, 6.07) is 7.82. The van der Waals surface area contributed by atoms with E-state index in [2.05, 4.69) is 37.0 Å². The molecule has 0 saturated heterocycles. The summed E-state index contributed by atoms with van der Waals surface area (Å²) in [5, 5.41) is 14.3. The molecule has 0 aliphatic rings. The van der Waals surface area contributed by atoms with Crippen molar-refractivity contribution in [1.29, 1.82) is 0 Å². The predicted octanol–water partition coefficient (Wildman–Crippen LogP) is 3.61. The van der Waals surface area contributed by atoms with Crippen molar-refractivity contribution < 1.29 is 5.11 Å². The van der Waals surface area contributed by atoms with Crippen LogP contribution in [0.4, 0.5) is 0 Å². The summed E-state index contributed by atoms with van der Waals surface area (Å²) in [7, 11) is 1.91. The van der Waals surface area contributed by atoms with Crippen LogP contribution in [0, 0.1) is 0 Å². The first kappa shape index (κ1) is 13.8. The normalized spacial score (nSPS) is 12.7. The molecular formula is C13H14Br2N2O. The number of hydrogen-bond donors (Lipinski definition) is 1. The lowest BCUT2D eigenvalue weighted by Gasteiger charge is -2.12. The van der Waals surface area contributed by atoms with Crippen molar-refractivity contribution in [2.24, 2.45) is 7.05 Å². The fourth-order valence-corrected chi connectivity index (χ4v) is 3.19. The van der Waals surface area contributed by atoms with Gasteiger partial charge in [0.25, 0.3) is 0 Å². The minimum absolute atomic E-state index is 0.464. The van der Waals surface area contributed by atoms with Crippen molar-refractivity contribution in [1.82, 2.24) is 9.78 Å². The van der Waals surface area contributed by atoms with Gasteiger partial charge in [-0.3, -0.25) is 4.68 Å². The summed E-state index contributed by atoms with van der Waals surface area (Å²) in [6.45, 7) is 0. The van der Waals surface area contributed by atoms with E-state index in [1.54, 1.807) is 6.20 Å². The third-order valence-electron chi connectivity index (χ3n) is 2.87. The molecule has 1 heterocycles. The minimum Gasteiger partial charge on any atom is -0.388 e. The summed E-state index contributed by atoms with van der Waals surface area (Å²) >= 11 is 6.85. The topological polar surface area (TPSA) is 38.0 Å². The van der Waals surface area contributed by atoms with Crippen LogP contribution < -0.4 is 0 Å². The van der Waals surface area contributed by atoms with Crippen LogP contribution in [-0.2, 0) is 13.5 Å². The lowest BCUT2D eigenvalue weighted by Crippen LogP contribution is -2.03. The van der Waals surface area contributed by atoms with Crippen LogP contribution in [-0.4, -0.2) is 14.9 Å². The number of aliphatic hydroxyl groups is 1. The number of rotatable bonds is 4. The van der Waals surface area contributed by atoms with E-state index < -0.39 is 6.10 Å². The molecule has 2 rings (SSSR count). The first-order valence-corrected chi connectivity index (χ1v) is 7.26. The van der Waals surface area contributed by atoms with Gasteiger partial charge >= 0.3 is 0 Å². The highest BCUT2D eigenvalue weighted by atomic mass is 79.9. The molecule has 96 valence electrons. The molecule has 1 unspecified atom stereocenters. The molecule has 5 heteroatoms. The zero-order chi connectivity index (χ0) is 13.1. The molecule has 0 amide bonds. The predicted molar refractivity (Wildman–Crippen MR) is 78.3 cm³/mol. The number of aryl methyl sites for hydroxylation is 2. The maximum atomic E-state index is 10.2. The number of aromatic nitrogens is 2. The van der Waals surface area contributed by atoms with Crippen LogP contribution in [0.25, 0.3) is 0 Å². The van der Waals surface area contributed by atoms with E-state index in [1.165, 1.54) is 0 Å². The molecule has 1 N–H and O–H groups in total. The fourth-order valence-electron chi connectivity index (χ4n) is 1.87. The van der Waals surface area contributed by atoms with Gasteiger partial charge in [-0.2, -0.15) is 5.10 Å². The Morgan fingerprint density at radius 1 is 1.28 bits per heavy atom. The number of halogens is 2. The Morgan fingerprint density at radius 3 is 2.50 bits per heavy atom. The molecule has 0 spiro atoms. The van der Waals surface area contributed by atoms with Crippen molar-refractivity contribution >= 4 is 31.9 Å². The number of nitrogens with zero attached hydrogens (tertiary/aromatic N) is 2. The van der Waals surface area contributed by atoms with E-state index >= 15 is 0 Å². The molecule has 18 heavy (non-hydrogen) atoms. The molecule has 0 radical (unpaired) electrons. The largest absolute Gasteiger partial charge is 0.388 e. The number of hydrogen-bond acceptors (Lipinski definition) is 2. The summed E-state index contributed by atoms with van der Waals surface area (Å²) in [6.07, 6.45) is 2.80. The van der Waals surface area contributed by atoms with Crippen molar-refractivity contribution in [3.05, 3.63) is 50.7 Å². The van der Waals surface area contributed by atoms with Crippen LogP contribution in [0.2, 0.25) is 0 Å². The van der Waals surface area contributed by atoms with Crippen molar-refractivity contribution in [2.45, 2.75) is 18.9 Å². The Balaban J connectivity index is 2.03. The zero-order valence-corrected chi connectivity index (χ0v) is 13.1. The Kier molecular flexibility index (Phi) is 4.59. The molecule has 2 aromatic rings. The molecule has 0 bridgehead atoms. The van der Waals surface area contributed by atoms with Gasteiger partial charge < -0.3 is 5.11 Å². The van der Waals surface area contributed by atoms with E-state index in [-0.39, 0.29) is 0 Å². The third kappa shape index (κ3) is 3.43. The highest BCUT2D eigenvalue weighted by Gasteiger charge is 2.10. The molecule has 0 fully saturated rings. The molecule has 0 aliphatic heterocycles.